The molecule has 0 aliphatic heterocycles. The van der Waals surface area contributed by atoms with Gasteiger partial charge in [0, 0.05) is 26.1 Å². The summed E-state index contributed by atoms with van der Waals surface area (Å²) in [5.41, 5.74) is 5.44. The Morgan fingerprint density at radius 3 is 1.15 bits per heavy atom. The van der Waals surface area contributed by atoms with Crippen LogP contribution in [0.4, 0.5) is 0 Å². The summed E-state index contributed by atoms with van der Waals surface area (Å²) < 4.78 is 82.1. The number of halogens is 2. The summed E-state index contributed by atoms with van der Waals surface area (Å²) >= 11 is 7.19. The molecule has 0 aliphatic carbocycles. The molecular formula is C60H40Br2O8S2. The van der Waals surface area contributed by atoms with Crippen molar-refractivity contribution in [2.75, 3.05) is 0 Å². The summed E-state index contributed by atoms with van der Waals surface area (Å²) in [4.78, 5) is 0.407. The van der Waals surface area contributed by atoms with Gasteiger partial charge in [-0.05, 0) is 162 Å². The second kappa shape index (κ2) is 20.9. The van der Waals surface area contributed by atoms with E-state index < -0.39 is 19.7 Å². The molecule has 0 aromatic heterocycles. The number of hydrogen-bond donors (Lipinski definition) is 0. The lowest BCUT2D eigenvalue weighted by Crippen LogP contribution is -2.02. The maximum Gasteiger partial charge on any atom is 0.206 e. The zero-order valence-corrected chi connectivity index (χ0v) is 42.7. The Morgan fingerprint density at radius 2 is 0.694 bits per heavy atom. The van der Waals surface area contributed by atoms with Crippen molar-refractivity contribution in [2.45, 2.75) is 19.6 Å². The SMILES string of the molecule is O=S(=O)(c1ccc(Oc2cc(Oc3ccc(S(=O)(=O)c4ccc(Oc5cccc(Br)c5-c5ccccc5)cc4)cc3)cc(-c3ccccc3)c2)cc1)c1ccc(Oc2ccc(Br)cc2-c2ccccc2)cc1. The number of ether oxygens (including phenoxy) is 4. The van der Waals surface area contributed by atoms with Crippen LogP contribution in [0, 0.1) is 0 Å². The van der Waals surface area contributed by atoms with Crippen LogP contribution in [0.5, 0.6) is 46.0 Å². The van der Waals surface area contributed by atoms with Gasteiger partial charge in [-0.15, -0.1) is 0 Å². The van der Waals surface area contributed by atoms with E-state index in [0.29, 0.717) is 46.0 Å². The van der Waals surface area contributed by atoms with Gasteiger partial charge in [-0.2, -0.15) is 0 Å². The Balaban J connectivity index is 0.826. The van der Waals surface area contributed by atoms with E-state index in [1.165, 1.54) is 48.5 Å². The van der Waals surface area contributed by atoms with Gasteiger partial charge >= 0.3 is 0 Å². The van der Waals surface area contributed by atoms with E-state index in [0.717, 1.165) is 42.3 Å². The normalized spacial score (nSPS) is 11.4. The van der Waals surface area contributed by atoms with Gasteiger partial charge in [0.15, 0.2) is 0 Å². The molecular weight excluding hydrogens is 1070 g/mol. The zero-order valence-electron chi connectivity index (χ0n) is 37.9. The van der Waals surface area contributed by atoms with Gasteiger partial charge in [-0.1, -0.05) is 129 Å². The van der Waals surface area contributed by atoms with Gasteiger partial charge in [-0.3, -0.25) is 0 Å². The van der Waals surface area contributed by atoms with E-state index in [1.807, 2.05) is 140 Å². The Kier molecular flexibility index (Phi) is 13.9. The second-order valence-corrected chi connectivity index (χ2v) is 22.0. The summed E-state index contributed by atoms with van der Waals surface area (Å²) in [5.74, 6) is 3.89. The lowest BCUT2D eigenvalue weighted by Gasteiger charge is -2.14. The van der Waals surface area contributed by atoms with Crippen molar-refractivity contribution in [3.05, 3.63) is 252 Å². The van der Waals surface area contributed by atoms with Crippen LogP contribution in [-0.4, -0.2) is 16.8 Å². The first kappa shape index (κ1) is 47.9. The molecule has 0 radical (unpaired) electrons. The summed E-state index contributed by atoms with van der Waals surface area (Å²) in [5, 5.41) is 0. The molecule has 0 unspecified atom stereocenters. The Morgan fingerprint density at radius 1 is 0.292 bits per heavy atom. The summed E-state index contributed by atoms with van der Waals surface area (Å²) in [6.45, 7) is 0. The van der Waals surface area contributed by atoms with Crippen LogP contribution in [0.3, 0.4) is 0 Å². The molecule has 0 aliphatic rings. The van der Waals surface area contributed by atoms with Crippen LogP contribution in [0.2, 0.25) is 0 Å². The highest BCUT2D eigenvalue weighted by Crippen LogP contribution is 2.41. The topological polar surface area (TPSA) is 105 Å². The van der Waals surface area contributed by atoms with Crippen molar-refractivity contribution in [3.63, 3.8) is 0 Å². The highest BCUT2D eigenvalue weighted by atomic mass is 79.9. The molecule has 0 saturated heterocycles. The molecule has 0 bridgehead atoms. The van der Waals surface area contributed by atoms with Gasteiger partial charge in [-0.25, -0.2) is 16.8 Å². The van der Waals surface area contributed by atoms with Crippen molar-refractivity contribution >= 4 is 51.5 Å². The minimum Gasteiger partial charge on any atom is -0.457 e. The van der Waals surface area contributed by atoms with E-state index in [9.17, 15) is 16.8 Å². The fraction of sp³-hybridized carbons (Fsp3) is 0. The van der Waals surface area contributed by atoms with Crippen molar-refractivity contribution in [2.24, 2.45) is 0 Å². The van der Waals surface area contributed by atoms with E-state index in [1.54, 1.807) is 54.6 Å². The monoisotopic (exact) mass is 1110 g/mol. The second-order valence-electron chi connectivity index (χ2n) is 16.3. The van der Waals surface area contributed by atoms with Crippen LogP contribution in [-0.2, 0) is 19.7 Å². The van der Waals surface area contributed by atoms with Crippen molar-refractivity contribution in [1.29, 1.82) is 0 Å². The highest BCUT2D eigenvalue weighted by molar-refractivity contribution is 9.10. The molecule has 10 rings (SSSR count). The lowest BCUT2D eigenvalue weighted by molar-refractivity contribution is 0.460. The van der Waals surface area contributed by atoms with Crippen LogP contribution >= 0.6 is 31.9 Å². The van der Waals surface area contributed by atoms with Crippen molar-refractivity contribution in [1.82, 2.24) is 0 Å². The number of benzene rings is 10. The maximum absolute atomic E-state index is 13.8. The van der Waals surface area contributed by atoms with Crippen LogP contribution in [0.25, 0.3) is 33.4 Å². The van der Waals surface area contributed by atoms with E-state index in [2.05, 4.69) is 31.9 Å². The summed E-state index contributed by atoms with van der Waals surface area (Å²) in [7, 11) is -7.79. The van der Waals surface area contributed by atoms with E-state index in [4.69, 9.17) is 18.9 Å². The predicted octanol–water partition coefficient (Wildman–Crippen LogP) is 17.0. The van der Waals surface area contributed by atoms with Crippen LogP contribution in [0.1, 0.15) is 0 Å². The average molecular weight is 1110 g/mol. The Hall–Kier alpha value is -7.74. The standard InChI is InChI=1S/C60H40Br2O8S2/c61-45-19-36-58(56(39-45)42-13-6-2-7-14-42)69-48-24-32-54(33-25-48)71(63,64)52-28-20-46(21-29-52)67-50-37-44(41-11-4-1-5-12-41)38-51(40-50)68-47-22-30-53(31-23-47)72(65,66)55-34-26-49(27-35-55)70-59-18-10-17-57(62)60(59)43-15-8-3-9-16-43/h1-40H. The minimum atomic E-state index is -3.89. The third kappa shape index (κ3) is 10.8. The molecule has 354 valence electrons. The maximum atomic E-state index is 13.8. The molecule has 10 aromatic rings. The molecule has 8 nitrogen and oxygen atoms in total. The van der Waals surface area contributed by atoms with Gasteiger partial charge in [0.2, 0.25) is 19.7 Å². The van der Waals surface area contributed by atoms with Crippen molar-refractivity contribution < 1.29 is 35.8 Å². The minimum absolute atomic E-state index is 0.0924. The number of rotatable bonds is 15. The molecule has 0 atom stereocenters. The van der Waals surface area contributed by atoms with Crippen molar-refractivity contribution in [3.8, 4) is 79.4 Å². The Bertz CT molecular complexity index is 3750. The third-order valence-corrected chi connectivity index (χ3v) is 16.2. The van der Waals surface area contributed by atoms with Crippen LogP contribution < -0.4 is 18.9 Å². The van der Waals surface area contributed by atoms with Gasteiger partial charge in [0.05, 0.1) is 19.6 Å². The smallest absolute Gasteiger partial charge is 0.206 e. The highest BCUT2D eigenvalue weighted by Gasteiger charge is 2.21. The molecule has 0 saturated carbocycles. The first-order valence-electron chi connectivity index (χ1n) is 22.5. The van der Waals surface area contributed by atoms with E-state index in [-0.39, 0.29) is 19.6 Å². The molecule has 0 N–H and O–H groups in total. The fourth-order valence-corrected chi connectivity index (χ4v) is 11.4. The zero-order chi connectivity index (χ0) is 49.7. The quantitative estimate of drug-likeness (QED) is 0.1000. The number of hydrogen-bond acceptors (Lipinski definition) is 8. The van der Waals surface area contributed by atoms with Gasteiger partial charge in [0.1, 0.15) is 46.0 Å². The third-order valence-electron chi connectivity index (χ3n) is 11.5. The average Bonchev–Trinajstić information content (AvgIpc) is 3.40. The first-order chi connectivity index (χ1) is 35.0. The lowest BCUT2D eigenvalue weighted by atomic mass is 10.0. The van der Waals surface area contributed by atoms with Gasteiger partial charge in [0.25, 0.3) is 0 Å². The molecule has 12 heteroatoms. The number of sulfone groups is 2. The molecule has 10 aromatic carbocycles. The van der Waals surface area contributed by atoms with Crippen LogP contribution in [0.15, 0.2) is 271 Å². The molecule has 0 fully saturated rings. The first-order valence-corrected chi connectivity index (χ1v) is 27.0. The molecule has 0 heterocycles. The largest absolute Gasteiger partial charge is 0.457 e. The molecule has 72 heavy (non-hydrogen) atoms. The molecule has 0 amide bonds. The molecule has 0 spiro atoms. The summed E-state index contributed by atoms with van der Waals surface area (Å²) in [6.07, 6.45) is 0. The van der Waals surface area contributed by atoms with E-state index >= 15 is 0 Å². The fourth-order valence-electron chi connectivity index (χ4n) is 7.94. The predicted molar refractivity (Wildman–Crippen MR) is 288 cm³/mol. The summed E-state index contributed by atoms with van der Waals surface area (Å²) in [6, 6.07) is 71.4. The Labute approximate surface area is 434 Å². The van der Waals surface area contributed by atoms with Gasteiger partial charge < -0.3 is 18.9 Å².